The lowest BCUT2D eigenvalue weighted by Crippen LogP contribution is -2.20. The lowest BCUT2D eigenvalue weighted by atomic mass is 10.1. The summed E-state index contributed by atoms with van der Waals surface area (Å²) in [5.74, 6) is 0. The van der Waals surface area contributed by atoms with E-state index in [0.29, 0.717) is 6.04 Å². The molecule has 0 bridgehead atoms. The van der Waals surface area contributed by atoms with E-state index >= 15 is 0 Å². The van der Waals surface area contributed by atoms with Gasteiger partial charge in [-0.2, -0.15) is 0 Å². The maximum atomic E-state index is 9.22. The number of rotatable bonds is 7. The minimum atomic E-state index is -0.207. The van der Waals surface area contributed by atoms with Crippen LogP contribution in [0.1, 0.15) is 38.3 Å². The molecule has 4 heteroatoms. The van der Waals surface area contributed by atoms with Gasteiger partial charge in [0, 0.05) is 24.1 Å². The highest BCUT2D eigenvalue weighted by atomic mass is 16.3. The summed E-state index contributed by atoms with van der Waals surface area (Å²) in [5, 5.41) is 12.7. The number of aliphatic hydroxyl groups excluding tert-OH is 1. The molecule has 0 aliphatic rings. The molecule has 0 fully saturated rings. The molecular weight excluding hydrogens is 250 g/mol. The highest BCUT2D eigenvalue weighted by Gasteiger charge is 2.05. The molecule has 0 saturated heterocycles. The largest absolute Gasteiger partial charge is 0.393 e. The van der Waals surface area contributed by atoms with Crippen molar-refractivity contribution in [1.82, 2.24) is 14.9 Å². The molecule has 1 heterocycles. The number of benzene rings is 1. The fourth-order valence-electron chi connectivity index (χ4n) is 2.18. The number of aliphatic hydroxyl groups is 1. The molecule has 2 atom stereocenters. The van der Waals surface area contributed by atoms with E-state index in [0.717, 1.165) is 25.1 Å². The van der Waals surface area contributed by atoms with E-state index in [1.54, 1.807) is 12.5 Å². The van der Waals surface area contributed by atoms with E-state index in [1.807, 2.05) is 17.7 Å². The molecule has 1 aromatic carbocycles. The lowest BCUT2D eigenvalue weighted by molar-refractivity contribution is 0.181. The Morgan fingerprint density at radius 2 is 2.00 bits per heavy atom. The van der Waals surface area contributed by atoms with Gasteiger partial charge in [0.15, 0.2) is 0 Å². The standard InChI is InChI=1S/C16H23N3O/c1-13(20)4-3-9-18-14(2)15-5-7-16(8-6-15)19-11-10-17-12-19/h5-8,10-14,18,20H,3-4,9H2,1-2H3. The fourth-order valence-corrected chi connectivity index (χ4v) is 2.18. The Hall–Kier alpha value is -1.65. The second kappa shape index (κ2) is 7.22. The van der Waals surface area contributed by atoms with Gasteiger partial charge in [0.05, 0.1) is 12.4 Å². The topological polar surface area (TPSA) is 50.1 Å². The molecule has 20 heavy (non-hydrogen) atoms. The monoisotopic (exact) mass is 273 g/mol. The zero-order valence-electron chi connectivity index (χ0n) is 12.2. The predicted molar refractivity (Wildman–Crippen MR) is 80.9 cm³/mol. The summed E-state index contributed by atoms with van der Waals surface area (Å²) in [7, 11) is 0. The molecule has 1 aromatic heterocycles. The maximum Gasteiger partial charge on any atom is 0.0991 e. The maximum absolute atomic E-state index is 9.22. The third-order valence-electron chi connectivity index (χ3n) is 3.44. The molecule has 0 amide bonds. The van der Waals surface area contributed by atoms with Crippen LogP contribution in [-0.4, -0.2) is 27.3 Å². The third-order valence-corrected chi connectivity index (χ3v) is 3.44. The van der Waals surface area contributed by atoms with Gasteiger partial charge < -0.3 is 15.0 Å². The Morgan fingerprint density at radius 1 is 1.25 bits per heavy atom. The van der Waals surface area contributed by atoms with Crippen molar-refractivity contribution < 1.29 is 5.11 Å². The zero-order chi connectivity index (χ0) is 14.4. The zero-order valence-corrected chi connectivity index (χ0v) is 12.2. The van der Waals surface area contributed by atoms with Gasteiger partial charge in [0.2, 0.25) is 0 Å². The molecule has 0 spiro atoms. The summed E-state index contributed by atoms with van der Waals surface area (Å²) in [6.45, 7) is 4.92. The van der Waals surface area contributed by atoms with E-state index in [1.165, 1.54) is 5.56 Å². The molecule has 0 aliphatic carbocycles. The smallest absolute Gasteiger partial charge is 0.0991 e. The van der Waals surface area contributed by atoms with Crippen molar-refractivity contribution in [1.29, 1.82) is 0 Å². The molecule has 2 N–H and O–H groups in total. The van der Waals surface area contributed by atoms with E-state index in [9.17, 15) is 5.11 Å². The summed E-state index contributed by atoms with van der Waals surface area (Å²) < 4.78 is 1.99. The number of nitrogens with zero attached hydrogens (tertiary/aromatic N) is 2. The van der Waals surface area contributed by atoms with Gasteiger partial charge in [-0.05, 0) is 50.9 Å². The number of aromatic nitrogens is 2. The average molecular weight is 273 g/mol. The van der Waals surface area contributed by atoms with Crippen LogP contribution in [-0.2, 0) is 0 Å². The molecule has 2 unspecified atom stereocenters. The Balaban J connectivity index is 1.86. The molecular formula is C16H23N3O. The Kier molecular flexibility index (Phi) is 5.32. The first-order chi connectivity index (χ1) is 9.66. The van der Waals surface area contributed by atoms with E-state index < -0.39 is 0 Å². The van der Waals surface area contributed by atoms with Gasteiger partial charge in [0.1, 0.15) is 0 Å². The molecule has 0 radical (unpaired) electrons. The second-order valence-corrected chi connectivity index (χ2v) is 5.23. The summed E-state index contributed by atoms with van der Waals surface area (Å²) in [4.78, 5) is 4.05. The third kappa shape index (κ3) is 4.18. The van der Waals surface area contributed by atoms with Gasteiger partial charge in [-0.15, -0.1) is 0 Å². The van der Waals surface area contributed by atoms with E-state index in [-0.39, 0.29) is 6.10 Å². The SMILES string of the molecule is CC(O)CCCNC(C)c1ccc(-n2ccnc2)cc1. The fraction of sp³-hybridized carbons (Fsp3) is 0.438. The van der Waals surface area contributed by atoms with Crippen LogP contribution in [0.4, 0.5) is 0 Å². The van der Waals surface area contributed by atoms with Crippen molar-refractivity contribution >= 4 is 0 Å². The Labute approximate surface area is 120 Å². The first-order valence-corrected chi connectivity index (χ1v) is 7.16. The van der Waals surface area contributed by atoms with Crippen LogP contribution in [0.3, 0.4) is 0 Å². The predicted octanol–water partition coefficient (Wildman–Crippen LogP) is 2.68. The Morgan fingerprint density at radius 3 is 2.60 bits per heavy atom. The number of nitrogens with one attached hydrogen (secondary N) is 1. The molecule has 0 saturated carbocycles. The molecule has 0 aliphatic heterocycles. The van der Waals surface area contributed by atoms with Crippen LogP contribution in [0, 0.1) is 0 Å². The summed E-state index contributed by atoms with van der Waals surface area (Å²) >= 11 is 0. The van der Waals surface area contributed by atoms with Crippen LogP contribution in [0.2, 0.25) is 0 Å². The number of hydrogen-bond donors (Lipinski definition) is 2. The molecule has 108 valence electrons. The summed E-state index contributed by atoms with van der Waals surface area (Å²) in [6, 6.07) is 8.81. The van der Waals surface area contributed by atoms with Crippen LogP contribution >= 0.6 is 0 Å². The van der Waals surface area contributed by atoms with Crippen molar-refractivity contribution in [2.24, 2.45) is 0 Å². The van der Waals surface area contributed by atoms with E-state index in [2.05, 4.69) is 41.5 Å². The first-order valence-electron chi connectivity index (χ1n) is 7.16. The van der Waals surface area contributed by atoms with Crippen molar-refractivity contribution in [3.05, 3.63) is 48.5 Å². The quantitative estimate of drug-likeness (QED) is 0.763. The van der Waals surface area contributed by atoms with Crippen LogP contribution < -0.4 is 5.32 Å². The molecule has 2 rings (SSSR count). The van der Waals surface area contributed by atoms with E-state index in [4.69, 9.17) is 0 Å². The second-order valence-electron chi connectivity index (χ2n) is 5.23. The van der Waals surface area contributed by atoms with Crippen LogP contribution in [0.5, 0.6) is 0 Å². The highest BCUT2D eigenvalue weighted by Crippen LogP contribution is 2.15. The van der Waals surface area contributed by atoms with Crippen molar-refractivity contribution in [3.8, 4) is 5.69 Å². The van der Waals surface area contributed by atoms with Gasteiger partial charge in [-0.25, -0.2) is 4.98 Å². The summed E-state index contributed by atoms with van der Waals surface area (Å²) in [6.07, 6.45) is 7.15. The summed E-state index contributed by atoms with van der Waals surface area (Å²) in [5.41, 5.74) is 2.39. The minimum absolute atomic E-state index is 0.207. The highest BCUT2D eigenvalue weighted by molar-refractivity contribution is 5.35. The van der Waals surface area contributed by atoms with Crippen molar-refractivity contribution in [2.75, 3.05) is 6.54 Å². The Bertz CT molecular complexity index is 491. The molecule has 2 aromatic rings. The lowest BCUT2D eigenvalue weighted by Gasteiger charge is -2.15. The van der Waals surface area contributed by atoms with Gasteiger partial charge in [0.25, 0.3) is 0 Å². The van der Waals surface area contributed by atoms with Crippen molar-refractivity contribution in [2.45, 2.75) is 38.8 Å². The minimum Gasteiger partial charge on any atom is -0.393 e. The number of imidazole rings is 1. The molecule has 4 nitrogen and oxygen atoms in total. The van der Waals surface area contributed by atoms with Gasteiger partial charge >= 0.3 is 0 Å². The van der Waals surface area contributed by atoms with Gasteiger partial charge in [-0.3, -0.25) is 0 Å². The average Bonchev–Trinajstić information content (AvgIpc) is 2.97. The van der Waals surface area contributed by atoms with Crippen LogP contribution in [0.15, 0.2) is 43.0 Å². The number of hydrogen-bond acceptors (Lipinski definition) is 3. The normalized spacial score (nSPS) is 14.2. The van der Waals surface area contributed by atoms with Gasteiger partial charge in [-0.1, -0.05) is 12.1 Å². The first kappa shape index (κ1) is 14.8. The van der Waals surface area contributed by atoms with Crippen LogP contribution in [0.25, 0.3) is 5.69 Å². The van der Waals surface area contributed by atoms with Crippen molar-refractivity contribution in [3.63, 3.8) is 0 Å².